The summed E-state index contributed by atoms with van der Waals surface area (Å²) in [6.07, 6.45) is 1.98. The third kappa shape index (κ3) is 2.09. The summed E-state index contributed by atoms with van der Waals surface area (Å²) in [6, 6.07) is 4.36. The minimum atomic E-state index is -0.503. The van der Waals surface area contributed by atoms with E-state index in [1.807, 2.05) is 7.05 Å². The zero-order chi connectivity index (χ0) is 11.7. The van der Waals surface area contributed by atoms with Crippen LogP contribution < -0.4 is 5.32 Å². The Morgan fingerprint density at radius 1 is 1.25 bits per heavy atom. The van der Waals surface area contributed by atoms with Gasteiger partial charge in [0.25, 0.3) is 0 Å². The molecular formula is C13H17F2N. The Morgan fingerprint density at radius 3 is 2.56 bits per heavy atom. The largest absolute Gasteiger partial charge is 0.317 e. The first kappa shape index (κ1) is 11.5. The third-order valence-electron chi connectivity index (χ3n) is 3.65. The maximum Gasteiger partial charge on any atom is 0.129 e. The summed E-state index contributed by atoms with van der Waals surface area (Å²) in [5, 5.41) is 3.23. The van der Waals surface area contributed by atoms with Gasteiger partial charge in [-0.25, -0.2) is 8.78 Å². The smallest absolute Gasteiger partial charge is 0.129 e. The monoisotopic (exact) mass is 225 g/mol. The first-order chi connectivity index (χ1) is 7.61. The van der Waals surface area contributed by atoms with E-state index >= 15 is 0 Å². The molecule has 1 aliphatic carbocycles. The molecule has 0 radical (unpaired) electrons. The van der Waals surface area contributed by atoms with Crippen molar-refractivity contribution in [3.05, 3.63) is 35.4 Å². The zero-order valence-electron chi connectivity index (χ0n) is 9.63. The molecule has 0 aromatic heterocycles. The van der Waals surface area contributed by atoms with Crippen molar-refractivity contribution in [3.8, 4) is 0 Å². The average Bonchev–Trinajstić information content (AvgIpc) is 2.60. The van der Waals surface area contributed by atoms with Crippen LogP contribution in [0.3, 0.4) is 0 Å². The molecule has 2 rings (SSSR count). The molecule has 1 aromatic carbocycles. The summed E-state index contributed by atoms with van der Waals surface area (Å²) in [5.74, 6) is -0.263. The van der Waals surface area contributed by atoms with Crippen LogP contribution >= 0.6 is 0 Å². The second-order valence-electron chi connectivity index (χ2n) is 4.71. The standard InChI is InChI=1S/C13H17F2N/c1-8-5-10(16-2)7-12(8)11-4-3-9(14)6-13(11)15/h3-4,6,8,10,12,16H,5,7H2,1-2H3/t8-,10+,12?/m1/s1. The lowest BCUT2D eigenvalue weighted by Crippen LogP contribution is -2.21. The van der Waals surface area contributed by atoms with Crippen LogP contribution in [0.15, 0.2) is 18.2 Å². The summed E-state index contributed by atoms with van der Waals surface area (Å²) < 4.78 is 26.5. The lowest BCUT2D eigenvalue weighted by Gasteiger charge is -2.16. The van der Waals surface area contributed by atoms with Crippen molar-refractivity contribution in [1.29, 1.82) is 0 Å². The molecule has 3 atom stereocenters. The first-order valence-corrected chi connectivity index (χ1v) is 5.74. The van der Waals surface area contributed by atoms with E-state index in [4.69, 9.17) is 0 Å². The number of nitrogens with one attached hydrogen (secondary N) is 1. The fourth-order valence-electron chi connectivity index (χ4n) is 2.72. The van der Waals surface area contributed by atoms with E-state index in [1.54, 1.807) is 6.07 Å². The highest BCUT2D eigenvalue weighted by Crippen LogP contribution is 2.40. The van der Waals surface area contributed by atoms with Gasteiger partial charge in [0.05, 0.1) is 0 Å². The molecule has 1 N–H and O–H groups in total. The van der Waals surface area contributed by atoms with Gasteiger partial charge in [-0.3, -0.25) is 0 Å². The van der Waals surface area contributed by atoms with E-state index < -0.39 is 11.6 Å². The van der Waals surface area contributed by atoms with Crippen LogP contribution in [0.25, 0.3) is 0 Å². The van der Waals surface area contributed by atoms with Gasteiger partial charge in [0.1, 0.15) is 11.6 Å². The maximum atomic E-state index is 13.6. The summed E-state index contributed by atoms with van der Waals surface area (Å²) in [5.41, 5.74) is 0.659. The predicted molar refractivity (Wildman–Crippen MR) is 60.3 cm³/mol. The first-order valence-electron chi connectivity index (χ1n) is 5.74. The van der Waals surface area contributed by atoms with Gasteiger partial charge >= 0.3 is 0 Å². The average molecular weight is 225 g/mol. The van der Waals surface area contributed by atoms with E-state index in [0.717, 1.165) is 18.9 Å². The van der Waals surface area contributed by atoms with Gasteiger partial charge in [-0.2, -0.15) is 0 Å². The summed E-state index contributed by atoms with van der Waals surface area (Å²) >= 11 is 0. The Morgan fingerprint density at radius 2 is 2.00 bits per heavy atom. The molecule has 1 saturated carbocycles. The maximum absolute atomic E-state index is 13.6. The molecule has 0 saturated heterocycles. The molecule has 1 fully saturated rings. The quantitative estimate of drug-likeness (QED) is 0.815. The number of rotatable bonds is 2. The molecule has 0 heterocycles. The summed E-state index contributed by atoms with van der Waals surface area (Å²) in [4.78, 5) is 0. The number of hydrogen-bond acceptors (Lipinski definition) is 1. The molecule has 16 heavy (non-hydrogen) atoms. The fraction of sp³-hybridized carbons (Fsp3) is 0.538. The molecule has 0 spiro atoms. The lowest BCUT2D eigenvalue weighted by molar-refractivity contribution is 0.494. The van der Waals surface area contributed by atoms with Crippen LogP contribution in [0.4, 0.5) is 8.78 Å². The summed E-state index contributed by atoms with van der Waals surface area (Å²) in [6.45, 7) is 2.13. The minimum absolute atomic E-state index is 0.207. The predicted octanol–water partition coefficient (Wildman–Crippen LogP) is 3.07. The topological polar surface area (TPSA) is 12.0 Å². The van der Waals surface area contributed by atoms with Gasteiger partial charge in [0.2, 0.25) is 0 Å². The highest BCUT2D eigenvalue weighted by molar-refractivity contribution is 5.25. The lowest BCUT2D eigenvalue weighted by atomic mass is 9.90. The Labute approximate surface area is 94.9 Å². The van der Waals surface area contributed by atoms with Crippen molar-refractivity contribution in [3.63, 3.8) is 0 Å². The normalized spacial score (nSPS) is 29.6. The molecule has 0 amide bonds. The van der Waals surface area contributed by atoms with Crippen molar-refractivity contribution < 1.29 is 8.78 Å². The van der Waals surface area contributed by atoms with E-state index in [1.165, 1.54) is 6.07 Å². The van der Waals surface area contributed by atoms with Crippen LogP contribution in [0.1, 0.15) is 31.2 Å². The molecule has 0 aliphatic heterocycles. The van der Waals surface area contributed by atoms with Crippen molar-refractivity contribution in [1.82, 2.24) is 5.32 Å². The van der Waals surface area contributed by atoms with E-state index in [2.05, 4.69) is 12.2 Å². The second kappa shape index (κ2) is 4.50. The highest BCUT2D eigenvalue weighted by atomic mass is 19.1. The van der Waals surface area contributed by atoms with Gasteiger partial charge in [0.15, 0.2) is 0 Å². The van der Waals surface area contributed by atoms with Crippen LogP contribution in [0.2, 0.25) is 0 Å². The molecule has 1 unspecified atom stereocenters. The van der Waals surface area contributed by atoms with Crippen molar-refractivity contribution in [2.24, 2.45) is 5.92 Å². The van der Waals surface area contributed by atoms with E-state index in [-0.39, 0.29) is 5.92 Å². The second-order valence-corrected chi connectivity index (χ2v) is 4.71. The molecule has 1 nitrogen and oxygen atoms in total. The SMILES string of the molecule is CN[C@@H]1CC(c2ccc(F)cc2F)[C@H](C)C1. The molecule has 3 heteroatoms. The molecule has 0 bridgehead atoms. The van der Waals surface area contributed by atoms with Gasteiger partial charge in [-0.15, -0.1) is 0 Å². The fourth-order valence-corrected chi connectivity index (χ4v) is 2.72. The van der Waals surface area contributed by atoms with Crippen molar-refractivity contribution in [2.75, 3.05) is 7.05 Å². The van der Waals surface area contributed by atoms with Crippen molar-refractivity contribution in [2.45, 2.75) is 31.7 Å². The Hall–Kier alpha value is -0.960. The van der Waals surface area contributed by atoms with Gasteiger partial charge in [0, 0.05) is 12.1 Å². The Kier molecular flexibility index (Phi) is 3.24. The van der Waals surface area contributed by atoms with E-state index in [0.29, 0.717) is 17.5 Å². The highest BCUT2D eigenvalue weighted by Gasteiger charge is 2.32. The Balaban J connectivity index is 2.24. The molecule has 1 aromatic rings. The molecule has 88 valence electrons. The van der Waals surface area contributed by atoms with Gasteiger partial charge in [-0.05, 0) is 43.4 Å². The number of halogens is 2. The van der Waals surface area contributed by atoms with E-state index in [9.17, 15) is 8.78 Å². The van der Waals surface area contributed by atoms with Crippen molar-refractivity contribution >= 4 is 0 Å². The van der Waals surface area contributed by atoms with Crippen LogP contribution in [0, 0.1) is 17.6 Å². The Bertz CT molecular complexity index is 378. The zero-order valence-corrected chi connectivity index (χ0v) is 9.63. The molecular weight excluding hydrogens is 208 g/mol. The van der Waals surface area contributed by atoms with Gasteiger partial charge in [-0.1, -0.05) is 13.0 Å². The van der Waals surface area contributed by atoms with Crippen LogP contribution in [-0.4, -0.2) is 13.1 Å². The number of hydrogen-bond donors (Lipinski definition) is 1. The third-order valence-corrected chi connectivity index (χ3v) is 3.65. The number of benzene rings is 1. The van der Waals surface area contributed by atoms with Crippen LogP contribution in [-0.2, 0) is 0 Å². The summed E-state index contributed by atoms with van der Waals surface area (Å²) in [7, 11) is 1.93. The minimum Gasteiger partial charge on any atom is -0.317 e. The van der Waals surface area contributed by atoms with Gasteiger partial charge < -0.3 is 5.32 Å². The van der Waals surface area contributed by atoms with Crippen LogP contribution in [0.5, 0.6) is 0 Å². The molecule has 1 aliphatic rings.